The zero-order valence-electron chi connectivity index (χ0n) is 17.5. The summed E-state index contributed by atoms with van der Waals surface area (Å²) in [6.45, 7) is 4.03. The number of anilines is 1. The molecule has 158 valence electrons. The van der Waals surface area contributed by atoms with Crippen LogP contribution < -0.4 is 4.90 Å². The largest absolute Gasteiger partial charge is 0.369 e. The minimum Gasteiger partial charge on any atom is -0.369 e. The van der Waals surface area contributed by atoms with Gasteiger partial charge in [0.05, 0.1) is 10.4 Å². The van der Waals surface area contributed by atoms with Crippen LogP contribution in [0.2, 0.25) is 0 Å². The Morgan fingerprint density at radius 2 is 1.42 bits per heavy atom. The minimum absolute atomic E-state index is 0.285. The fourth-order valence-electron chi connectivity index (χ4n) is 4.14. The van der Waals surface area contributed by atoms with E-state index in [2.05, 4.69) is 22.9 Å². The van der Waals surface area contributed by atoms with Gasteiger partial charge in [0.15, 0.2) is 0 Å². The van der Waals surface area contributed by atoms with Gasteiger partial charge in [-0.3, -0.25) is 0 Å². The van der Waals surface area contributed by atoms with E-state index in [9.17, 15) is 8.42 Å². The summed E-state index contributed by atoms with van der Waals surface area (Å²) in [5.41, 5.74) is 3.90. The molecule has 0 N–H and O–H groups in total. The monoisotopic (exact) mass is 431 g/mol. The highest BCUT2D eigenvalue weighted by Crippen LogP contribution is 2.28. The third-order valence-corrected chi connectivity index (χ3v) is 7.73. The Hall–Kier alpha value is -3.09. The molecule has 0 saturated carbocycles. The summed E-state index contributed by atoms with van der Waals surface area (Å²) in [7, 11) is -1.53. The number of hydrogen-bond donors (Lipinski definition) is 0. The molecule has 1 aliphatic heterocycles. The van der Waals surface area contributed by atoms with Gasteiger partial charge in [-0.25, -0.2) is 12.4 Å². The van der Waals surface area contributed by atoms with Crippen molar-refractivity contribution < 1.29 is 8.42 Å². The molecule has 0 atom stereocenters. The summed E-state index contributed by atoms with van der Waals surface area (Å²) in [6, 6.07) is 24.9. The number of likely N-dealkylation sites (N-methyl/N-ethyl adjacent to an activating group) is 1. The standard InChI is InChI=1S/C25H25N3O2S/c1-26-15-17-27(18-16-26)23-9-12-25-22(19-23)13-14-28(25)31(29,30)24-10-7-21(8-11-24)20-5-3-2-4-6-20/h2-14,19H,15-18H2,1H3. The molecule has 2 heterocycles. The highest BCUT2D eigenvalue weighted by Gasteiger charge is 2.20. The van der Waals surface area contributed by atoms with Crippen molar-refractivity contribution in [3.8, 4) is 11.1 Å². The van der Waals surface area contributed by atoms with Gasteiger partial charge in [0.1, 0.15) is 0 Å². The van der Waals surface area contributed by atoms with Crippen molar-refractivity contribution in [2.45, 2.75) is 4.90 Å². The molecule has 31 heavy (non-hydrogen) atoms. The lowest BCUT2D eigenvalue weighted by atomic mass is 10.1. The molecule has 0 spiro atoms. The second-order valence-electron chi connectivity index (χ2n) is 8.04. The molecule has 5 rings (SSSR count). The van der Waals surface area contributed by atoms with Gasteiger partial charge in [-0.05, 0) is 54.6 Å². The Morgan fingerprint density at radius 3 is 2.13 bits per heavy atom. The lowest BCUT2D eigenvalue weighted by Crippen LogP contribution is -2.44. The van der Waals surface area contributed by atoms with E-state index in [1.807, 2.05) is 60.7 Å². The van der Waals surface area contributed by atoms with Crippen LogP contribution in [0.25, 0.3) is 22.0 Å². The van der Waals surface area contributed by atoms with Crippen molar-refractivity contribution in [3.05, 3.63) is 85.1 Å². The van der Waals surface area contributed by atoms with E-state index >= 15 is 0 Å². The van der Waals surface area contributed by atoms with E-state index in [0.717, 1.165) is 48.4 Å². The van der Waals surface area contributed by atoms with E-state index in [4.69, 9.17) is 0 Å². The fraction of sp³-hybridized carbons (Fsp3) is 0.200. The molecule has 1 saturated heterocycles. The quantitative estimate of drug-likeness (QED) is 0.483. The maximum atomic E-state index is 13.3. The first-order valence-electron chi connectivity index (χ1n) is 10.5. The van der Waals surface area contributed by atoms with Gasteiger partial charge >= 0.3 is 0 Å². The molecule has 0 aliphatic carbocycles. The number of hydrogen-bond acceptors (Lipinski definition) is 4. The van der Waals surface area contributed by atoms with Crippen LogP contribution in [0.3, 0.4) is 0 Å². The molecule has 0 amide bonds. The lowest BCUT2D eigenvalue weighted by molar-refractivity contribution is 0.313. The molecule has 1 aromatic heterocycles. The van der Waals surface area contributed by atoms with Gasteiger partial charge in [0, 0.05) is 43.4 Å². The van der Waals surface area contributed by atoms with Gasteiger partial charge in [0.2, 0.25) is 0 Å². The van der Waals surface area contributed by atoms with E-state index < -0.39 is 10.0 Å². The first-order valence-corrected chi connectivity index (χ1v) is 11.9. The molecule has 1 fully saturated rings. The summed E-state index contributed by atoms with van der Waals surface area (Å²) >= 11 is 0. The predicted molar refractivity (Wildman–Crippen MR) is 126 cm³/mol. The van der Waals surface area contributed by atoms with Crippen molar-refractivity contribution in [2.24, 2.45) is 0 Å². The van der Waals surface area contributed by atoms with Crippen LogP contribution in [0.1, 0.15) is 0 Å². The Balaban J connectivity index is 1.45. The number of aromatic nitrogens is 1. The van der Waals surface area contributed by atoms with Crippen LogP contribution in [0.4, 0.5) is 5.69 Å². The molecule has 5 nitrogen and oxygen atoms in total. The first-order chi connectivity index (χ1) is 15.0. The summed E-state index contributed by atoms with van der Waals surface area (Å²) in [4.78, 5) is 4.96. The minimum atomic E-state index is -3.67. The zero-order valence-corrected chi connectivity index (χ0v) is 18.3. The average molecular weight is 432 g/mol. The molecule has 1 aliphatic rings. The Labute approximate surface area is 183 Å². The molecule has 3 aromatic carbocycles. The van der Waals surface area contributed by atoms with Crippen LogP contribution in [-0.2, 0) is 10.0 Å². The maximum absolute atomic E-state index is 13.3. The third-order valence-electron chi connectivity index (χ3n) is 6.02. The van der Waals surface area contributed by atoms with Crippen LogP contribution in [0.5, 0.6) is 0 Å². The van der Waals surface area contributed by atoms with Crippen molar-refractivity contribution >= 4 is 26.6 Å². The highest BCUT2D eigenvalue weighted by atomic mass is 32.2. The molecular formula is C25H25N3O2S. The highest BCUT2D eigenvalue weighted by molar-refractivity contribution is 7.90. The van der Waals surface area contributed by atoms with Gasteiger partial charge in [-0.1, -0.05) is 42.5 Å². The second-order valence-corrected chi connectivity index (χ2v) is 9.86. The van der Waals surface area contributed by atoms with Gasteiger partial charge in [0.25, 0.3) is 10.0 Å². The number of benzene rings is 3. The van der Waals surface area contributed by atoms with Crippen LogP contribution in [0.15, 0.2) is 90.0 Å². The SMILES string of the molecule is CN1CCN(c2ccc3c(ccn3S(=O)(=O)c3ccc(-c4ccccc4)cc3)c2)CC1. The maximum Gasteiger partial charge on any atom is 0.268 e. The molecule has 4 aromatic rings. The van der Waals surface area contributed by atoms with Gasteiger partial charge in [-0.15, -0.1) is 0 Å². The molecular weight excluding hydrogens is 406 g/mol. The van der Waals surface area contributed by atoms with Crippen molar-refractivity contribution in [1.29, 1.82) is 0 Å². The zero-order chi connectivity index (χ0) is 21.4. The topological polar surface area (TPSA) is 45.5 Å². The normalized spacial score (nSPS) is 15.5. The smallest absolute Gasteiger partial charge is 0.268 e. The lowest BCUT2D eigenvalue weighted by Gasteiger charge is -2.34. The predicted octanol–water partition coefficient (Wildman–Crippen LogP) is 4.30. The molecule has 0 unspecified atom stereocenters. The molecule has 6 heteroatoms. The van der Waals surface area contributed by atoms with Crippen LogP contribution in [0, 0.1) is 0 Å². The van der Waals surface area contributed by atoms with Gasteiger partial charge in [-0.2, -0.15) is 0 Å². The average Bonchev–Trinajstić information content (AvgIpc) is 3.24. The summed E-state index contributed by atoms with van der Waals surface area (Å²) in [6.07, 6.45) is 1.65. The molecule has 0 bridgehead atoms. The van der Waals surface area contributed by atoms with Crippen molar-refractivity contribution in [3.63, 3.8) is 0 Å². The van der Waals surface area contributed by atoms with Gasteiger partial charge < -0.3 is 9.80 Å². The summed E-state index contributed by atoms with van der Waals surface area (Å²) in [5.74, 6) is 0. The van der Waals surface area contributed by atoms with Crippen molar-refractivity contribution in [1.82, 2.24) is 8.87 Å². The van der Waals surface area contributed by atoms with Crippen LogP contribution >= 0.6 is 0 Å². The van der Waals surface area contributed by atoms with E-state index in [0.29, 0.717) is 5.52 Å². The van der Waals surface area contributed by atoms with E-state index in [1.54, 1.807) is 18.3 Å². The number of nitrogens with zero attached hydrogens (tertiary/aromatic N) is 3. The Morgan fingerprint density at radius 1 is 0.742 bits per heavy atom. The summed E-state index contributed by atoms with van der Waals surface area (Å²) < 4.78 is 28.0. The van der Waals surface area contributed by atoms with Crippen molar-refractivity contribution in [2.75, 3.05) is 38.1 Å². The third kappa shape index (κ3) is 3.73. The fourth-order valence-corrected chi connectivity index (χ4v) is 5.49. The number of piperazine rings is 1. The Kier molecular flexibility index (Phi) is 5.04. The summed E-state index contributed by atoms with van der Waals surface area (Å²) in [5, 5.41) is 0.931. The second kappa shape index (κ2) is 7.87. The first kappa shape index (κ1) is 19.8. The van der Waals surface area contributed by atoms with Crippen LogP contribution in [-0.4, -0.2) is 50.5 Å². The number of rotatable bonds is 4. The van der Waals surface area contributed by atoms with E-state index in [1.165, 1.54) is 3.97 Å². The van der Waals surface area contributed by atoms with E-state index in [-0.39, 0.29) is 4.90 Å². The molecule has 0 radical (unpaired) electrons. The Bertz CT molecular complexity index is 1300. The number of fused-ring (bicyclic) bond motifs is 1.